The quantitative estimate of drug-likeness (QED) is 0.441. The van der Waals surface area contributed by atoms with E-state index in [2.05, 4.69) is 73.2 Å². The number of hydrogen-bond acceptors (Lipinski definition) is 2. The van der Waals surface area contributed by atoms with Gasteiger partial charge in [-0.3, -0.25) is 0 Å². The first-order valence-electron chi connectivity index (χ1n) is 9.92. The fourth-order valence-corrected chi connectivity index (χ4v) is 3.37. The average molecular weight is 391 g/mol. The highest BCUT2D eigenvalue weighted by Gasteiger charge is 2.10. The van der Waals surface area contributed by atoms with Gasteiger partial charge in [-0.05, 0) is 73.4 Å². The predicted octanol–water partition coefficient (Wildman–Crippen LogP) is 6.70. The number of hydrogen-bond donors (Lipinski definition) is 2. The molecule has 3 rings (SSSR count). The summed E-state index contributed by atoms with van der Waals surface area (Å²) in [6.45, 7) is 8.22. The van der Waals surface area contributed by atoms with Crippen LogP contribution in [0.1, 0.15) is 42.8 Å². The second-order valence-electron chi connectivity index (χ2n) is 7.23. The van der Waals surface area contributed by atoms with Crippen LogP contribution in [0.3, 0.4) is 0 Å². The van der Waals surface area contributed by atoms with Crippen molar-refractivity contribution < 1.29 is 9.47 Å². The number of allylic oxidation sites excluding steroid dienone is 2. The van der Waals surface area contributed by atoms with Gasteiger partial charge in [0, 0.05) is 29.2 Å². The molecule has 2 aromatic heterocycles. The lowest BCUT2D eigenvalue weighted by Gasteiger charge is -2.03. The molecule has 3 aromatic rings. The van der Waals surface area contributed by atoms with E-state index in [1.54, 1.807) is 14.2 Å². The Kier molecular flexibility index (Phi) is 6.32. The molecule has 0 bridgehead atoms. The van der Waals surface area contributed by atoms with Crippen molar-refractivity contribution in [2.75, 3.05) is 14.2 Å². The van der Waals surface area contributed by atoms with Crippen molar-refractivity contribution in [3.8, 4) is 22.5 Å². The summed E-state index contributed by atoms with van der Waals surface area (Å²) in [5.74, 6) is 1.86. The Morgan fingerprint density at radius 1 is 0.862 bits per heavy atom. The Bertz CT molecular complexity index is 1040. The molecule has 0 unspecified atom stereocenters. The highest BCUT2D eigenvalue weighted by molar-refractivity contribution is 5.74. The summed E-state index contributed by atoms with van der Waals surface area (Å²) in [5.41, 5.74) is 9.04. The molecule has 0 aliphatic heterocycles. The van der Waals surface area contributed by atoms with Crippen molar-refractivity contribution in [2.45, 2.75) is 34.1 Å². The number of aryl methyl sites for hydroxylation is 2. The number of aromatic amines is 2. The third-order valence-corrected chi connectivity index (χ3v) is 5.20. The number of rotatable bonds is 7. The van der Waals surface area contributed by atoms with Crippen LogP contribution in [0, 0.1) is 13.8 Å². The van der Waals surface area contributed by atoms with Gasteiger partial charge in [-0.1, -0.05) is 25.1 Å². The Morgan fingerprint density at radius 3 is 1.90 bits per heavy atom. The maximum atomic E-state index is 5.43. The predicted molar refractivity (Wildman–Crippen MR) is 121 cm³/mol. The summed E-state index contributed by atoms with van der Waals surface area (Å²) < 4.78 is 10.7. The van der Waals surface area contributed by atoms with Crippen molar-refractivity contribution >= 4 is 12.2 Å². The van der Waals surface area contributed by atoms with Crippen LogP contribution in [-0.2, 0) is 9.47 Å². The van der Waals surface area contributed by atoms with Gasteiger partial charge in [0.15, 0.2) is 0 Å². The lowest BCUT2D eigenvalue weighted by molar-refractivity contribution is 0.285. The van der Waals surface area contributed by atoms with Crippen LogP contribution in [0.4, 0.5) is 0 Å². The van der Waals surface area contributed by atoms with Crippen molar-refractivity contribution in [1.82, 2.24) is 9.97 Å². The van der Waals surface area contributed by atoms with Gasteiger partial charge in [0.1, 0.15) is 0 Å². The van der Waals surface area contributed by atoms with E-state index in [0.29, 0.717) is 0 Å². The van der Waals surface area contributed by atoms with Gasteiger partial charge in [0.2, 0.25) is 0 Å². The Balaban J connectivity index is 1.95. The lowest BCUT2D eigenvalue weighted by Crippen LogP contribution is -1.84. The fourth-order valence-electron chi connectivity index (χ4n) is 3.37. The number of aromatic nitrogens is 2. The van der Waals surface area contributed by atoms with E-state index in [1.165, 1.54) is 0 Å². The van der Waals surface area contributed by atoms with E-state index in [0.717, 1.165) is 63.0 Å². The SMILES string of the molecule is CC/C(=C\c1cc(-c2cccc(-c3cc(/C=C(\C)OC)c(C)[nH]3)c2)[nH]c1C)OC. The Hall–Kier alpha value is -3.14. The van der Waals surface area contributed by atoms with Gasteiger partial charge in [0.05, 0.1) is 25.7 Å². The van der Waals surface area contributed by atoms with Crippen LogP contribution in [0.5, 0.6) is 0 Å². The molecule has 0 saturated heterocycles. The van der Waals surface area contributed by atoms with E-state index < -0.39 is 0 Å². The monoisotopic (exact) mass is 390 g/mol. The van der Waals surface area contributed by atoms with Crippen molar-refractivity contribution in [3.63, 3.8) is 0 Å². The third-order valence-electron chi connectivity index (χ3n) is 5.20. The van der Waals surface area contributed by atoms with E-state index in [9.17, 15) is 0 Å². The molecular formula is C25H30N2O2. The van der Waals surface area contributed by atoms with Crippen LogP contribution in [-0.4, -0.2) is 24.2 Å². The molecular weight excluding hydrogens is 360 g/mol. The number of H-pyrrole nitrogens is 2. The first-order chi connectivity index (χ1) is 13.9. The molecule has 2 N–H and O–H groups in total. The third kappa shape index (κ3) is 4.65. The topological polar surface area (TPSA) is 50.0 Å². The van der Waals surface area contributed by atoms with Crippen LogP contribution in [0.15, 0.2) is 47.9 Å². The molecule has 0 fully saturated rings. The average Bonchev–Trinajstić information content (AvgIpc) is 3.28. The molecule has 0 saturated carbocycles. The molecule has 1 aromatic carbocycles. The van der Waals surface area contributed by atoms with E-state index in [1.807, 2.05) is 13.0 Å². The van der Waals surface area contributed by atoms with Gasteiger partial charge >= 0.3 is 0 Å². The summed E-state index contributed by atoms with van der Waals surface area (Å²) in [6.07, 6.45) is 5.02. The van der Waals surface area contributed by atoms with Gasteiger partial charge in [-0.25, -0.2) is 0 Å². The van der Waals surface area contributed by atoms with Crippen LogP contribution in [0.2, 0.25) is 0 Å². The summed E-state index contributed by atoms with van der Waals surface area (Å²) in [6, 6.07) is 12.9. The molecule has 0 radical (unpaired) electrons. The molecule has 0 amide bonds. The Morgan fingerprint density at radius 2 is 1.41 bits per heavy atom. The number of methoxy groups -OCH3 is 2. The number of ether oxygens (including phenoxy) is 2. The normalized spacial score (nSPS) is 12.3. The van der Waals surface area contributed by atoms with E-state index >= 15 is 0 Å². The van der Waals surface area contributed by atoms with Crippen molar-refractivity contribution in [3.05, 3.63) is 70.4 Å². The molecule has 4 nitrogen and oxygen atoms in total. The summed E-state index contributed by atoms with van der Waals surface area (Å²) in [4.78, 5) is 7.00. The van der Waals surface area contributed by atoms with Gasteiger partial charge in [0.25, 0.3) is 0 Å². The van der Waals surface area contributed by atoms with Gasteiger partial charge in [-0.2, -0.15) is 0 Å². The smallest absolute Gasteiger partial charge is 0.0959 e. The zero-order valence-corrected chi connectivity index (χ0v) is 18.1. The highest BCUT2D eigenvalue weighted by atomic mass is 16.5. The molecule has 0 atom stereocenters. The molecule has 0 aliphatic carbocycles. The molecule has 2 heterocycles. The summed E-state index contributed by atoms with van der Waals surface area (Å²) in [7, 11) is 3.41. The van der Waals surface area contributed by atoms with E-state index in [-0.39, 0.29) is 0 Å². The minimum absolute atomic E-state index is 0.872. The maximum Gasteiger partial charge on any atom is 0.0959 e. The Labute approximate surface area is 173 Å². The molecule has 29 heavy (non-hydrogen) atoms. The minimum Gasteiger partial charge on any atom is -0.501 e. The maximum absolute atomic E-state index is 5.43. The zero-order valence-electron chi connectivity index (χ0n) is 18.1. The standard InChI is InChI=1S/C25H30N2O2/c1-7-23(29-6)13-22-15-25(27-18(22)4)20-10-8-9-19(12-20)24-14-21(17(3)26-24)11-16(2)28-5/h8-15,26-27H,7H2,1-6H3/b16-11+,23-13+. The summed E-state index contributed by atoms with van der Waals surface area (Å²) in [5, 5.41) is 0. The minimum atomic E-state index is 0.872. The zero-order chi connectivity index (χ0) is 21.0. The second-order valence-corrected chi connectivity index (χ2v) is 7.23. The molecule has 152 valence electrons. The van der Waals surface area contributed by atoms with Gasteiger partial charge < -0.3 is 19.4 Å². The molecule has 0 aliphatic rings. The summed E-state index contributed by atoms with van der Waals surface area (Å²) >= 11 is 0. The molecule has 0 spiro atoms. The van der Waals surface area contributed by atoms with Gasteiger partial charge in [-0.15, -0.1) is 0 Å². The van der Waals surface area contributed by atoms with E-state index in [4.69, 9.17) is 9.47 Å². The van der Waals surface area contributed by atoms with Crippen LogP contribution in [0.25, 0.3) is 34.7 Å². The van der Waals surface area contributed by atoms with Crippen molar-refractivity contribution in [2.24, 2.45) is 0 Å². The number of benzene rings is 1. The second kappa shape index (κ2) is 8.91. The van der Waals surface area contributed by atoms with Crippen LogP contribution < -0.4 is 0 Å². The molecule has 4 heteroatoms. The first-order valence-corrected chi connectivity index (χ1v) is 9.92. The van der Waals surface area contributed by atoms with Crippen LogP contribution >= 0.6 is 0 Å². The largest absolute Gasteiger partial charge is 0.501 e. The highest BCUT2D eigenvalue weighted by Crippen LogP contribution is 2.29. The number of nitrogens with one attached hydrogen (secondary N) is 2. The lowest BCUT2D eigenvalue weighted by atomic mass is 10.1. The fraction of sp³-hybridized carbons (Fsp3) is 0.280. The first kappa shape index (κ1) is 20.6. The van der Waals surface area contributed by atoms with Crippen molar-refractivity contribution in [1.29, 1.82) is 0 Å².